The molecule has 14 heteroatoms. The first-order valence-electron chi connectivity index (χ1n) is 22.2. The number of ether oxygens (including phenoxy) is 3. The first kappa shape index (κ1) is 44.5. The zero-order valence-electron chi connectivity index (χ0n) is 36.5. The fourth-order valence-electron chi connectivity index (χ4n) is 9.73. The maximum absolute atomic E-state index is 13.2. The van der Waals surface area contributed by atoms with Crippen LogP contribution in [0.25, 0.3) is 21.8 Å². The van der Waals surface area contributed by atoms with Crippen molar-refractivity contribution in [1.82, 2.24) is 24.3 Å². The smallest absolute Gasteiger partial charge is 0.329 e. The lowest BCUT2D eigenvalue weighted by atomic mass is 9.82. The fourth-order valence-corrected chi connectivity index (χ4v) is 9.73. The summed E-state index contributed by atoms with van der Waals surface area (Å²) >= 11 is 0. The van der Waals surface area contributed by atoms with E-state index in [1.54, 1.807) is 29.9 Å². The van der Waals surface area contributed by atoms with Crippen molar-refractivity contribution in [3.05, 3.63) is 63.7 Å². The van der Waals surface area contributed by atoms with Crippen molar-refractivity contribution < 1.29 is 33.4 Å². The number of nitrogens with one attached hydrogen (secondary N) is 1. The van der Waals surface area contributed by atoms with Gasteiger partial charge in [0.2, 0.25) is 17.7 Å². The van der Waals surface area contributed by atoms with Crippen LogP contribution in [0.1, 0.15) is 105 Å². The molecule has 3 atom stereocenters. The number of aromatic nitrogens is 3. The van der Waals surface area contributed by atoms with Crippen LogP contribution in [0.3, 0.4) is 0 Å². The van der Waals surface area contributed by atoms with E-state index in [4.69, 9.17) is 19.9 Å². The Hall–Kier alpha value is -5.52. The quantitative estimate of drug-likeness (QED) is 0.0786. The number of ketones is 1. The number of piperidine rings is 1. The first-order valence-corrected chi connectivity index (χ1v) is 22.2. The summed E-state index contributed by atoms with van der Waals surface area (Å²) in [5.74, 6) is 7.93. The molecule has 14 nitrogen and oxygen atoms in total. The number of amides is 3. The molecule has 1 aliphatic heterocycles. The summed E-state index contributed by atoms with van der Waals surface area (Å²) < 4.78 is 20.9. The van der Waals surface area contributed by atoms with E-state index in [9.17, 15) is 24.0 Å². The van der Waals surface area contributed by atoms with Crippen LogP contribution in [-0.4, -0.2) is 89.6 Å². The molecule has 2 aromatic carbocycles. The molecular formula is C48H60N6O8. The van der Waals surface area contributed by atoms with Gasteiger partial charge in [0.1, 0.15) is 17.6 Å². The van der Waals surface area contributed by atoms with Gasteiger partial charge in [-0.2, -0.15) is 0 Å². The van der Waals surface area contributed by atoms with Crippen LogP contribution in [0.5, 0.6) is 11.6 Å². The van der Waals surface area contributed by atoms with E-state index in [2.05, 4.69) is 41.0 Å². The summed E-state index contributed by atoms with van der Waals surface area (Å²) in [6.07, 6.45) is 11.0. The molecule has 7 rings (SSSR count). The number of nitrogens with two attached hydrogens (primary N) is 1. The number of imidazole rings is 1. The van der Waals surface area contributed by atoms with Gasteiger partial charge >= 0.3 is 5.69 Å². The Labute approximate surface area is 362 Å². The molecule has 2 aromatic heterocycles. The Morgan fingerprint density at radius 1 is 1.02 bits per heavy atom. The van der Waals surface area contributed by atoms with E-state index in [0.717, 1.165) is 80.9 Å². The van der Waals surface area contributed by atoms with Gasteiger partial charge < -0.3 is 24.8 Å². The molecule has 0 radical (unpaired) electrons. The van der Waals surface area contributed by atoms with Crippen LogP contribution < -0.4 is 26.2 Å². The molecule has 3 heterocycles. The second kappa shape index (κ2) is 20.1. The largest absolute Gasteiger partial charge is 0.496 e. The van der Waals surface area contributed by atoms with Crippen molar-refractivity contribution >= 4 is 45.3 Å². The van der Waals surface area contributed by atoms with E-state index in [1.165, 1.54) is 11.7 Å². The van der Waals surface area contributed by atoms with Crippen LogP contribution in [0, 0.1) is 35.5 Å². The number of hydrogen-bond acceptors (Lipinski definition) is 10. The average molecular weight is 849 g/mol. The second-order valence-electron chi connectivity index (χ2n) is 17.4. The Morgan fingerprint density at radius 2 is 1.79 bits per heavy atom. The van der Waals surface area contributed by atoms with Gasteiger partial charge in [0.15, 0.2) is 0 Å². The number of nitrogens with zero attached hydrogens (tertiary/aromatic N) is 4. The number of fused-ring (bicyclic) bond motifs is 2. The normalized spacial score (nSPS) is 21.6. The fraction of sp³-hybridized carbons (Fsp3) is 0.542. The SMILES string of the molecule is CC[C@@H]1CC(=O)C[C@@H]1COc1ncc(C#CC2CCC(CN(C)CCCOCCCc3cccc4c3n(C)c(=O)n4C3CCC(=O)NC3=O)CC2)c2cc(C(N)=O)c(OC)cc12. The van der Waals surface area contributed by atoms with E-state index in [0.29, 0.717) is 79.0 Å². The summed E-state index contributed by atoms with van der Waals surface area (Å²) in [5.41, 5.74) is 9.00. The van der Waals surface area contributed by atoms with Crippen molar-refractivity contribution in [1.29, 1.82) is 0 Å². The molecule has 3 fully saturated rings. The maximum Gasteiger partial charge on any atom is 0.329 e. The molecule has 3 N–H and O–H groups in total. The number of methoxy groups -OCH3 is 1. The van der Waals surface area contributed by atoms with Gasteiger partial charge in [-0.3, -0.25) is 33.6 Å². The molecule has 3 aliphatic rings. The van der Waals surface area contributed by atoms with Gasteiger partial charge in [0.05, 0.1) is 35.9 Å². The minimum atomic E-state index is -0.699. The highest BCUT2D eigenvalue weighted by atomic mass is 16.5. The van der Waals surface area contributed by atoms with Crippen LogP contribution in [0.15, 0.2) is 41.3 Å². The Kier molecular flexibility index (Phi) is 14.4. The Balaban J connectivity index is 0.860. The lowest BCUT2D eigenvalue weighted by Gasteiger charge is -2.29. The number of para-hydroxylation sites is 1. The van der Waals surface area contributed by atoms with Gasteiger partial charge in [0, 0.05) is 81.4 Å². The Morgan fingerprint density at radius 3 is 2.53 bits per heavy atom. The van der Waals surface area contributed by atoms with Crippen molar-refractivity contribution in [3.63, 3.8) is 0 Å². The third kappa shape index (κ3) is 10.1. The number of aryl methyl sites for hydroxylation is 2. The monoisotopic (exact) mass is 848 g/mol. The second-order valence-corrected chi connectivity index (χ2v) is 17.4. The van der Waals surface area contributed by atoms with Crippen molar-refractivity contribution in [3.8, 4) is 23.5 Å². The zero-order chi connectivity index (χ0) is 43.9. The van der Waals surface area contributed by atoms with Gasteiger partial charge in [-0.05, 0) is 94.0 Å². The number of imide groups is 1. The molecule has 0 bridgehead atoms. The summed E-state index contributed by atoms with van der Waals surface area (Å²) in [7, 11) is 5.40. The molecule has 1 unspecified atom stereocenters. The van der Waals surface area contributed by atoms with E-state index in [1.807, 2.05) is 18.2 Å². The molecule has 2 aliphatic carbocycles. The molecular weight excluding hydrogens is 789 g/mol. The molecule has 2 saturated carbocycles. The van der Waals surface area contributed by atoms with E-state index < -0.39 is 17.9 Å². The predicted molar refractivity (Wildman–Crippen MR) is 236 cm³/mol. The summed E-state index contributed by atoms with van der Waals surface area (Å²) in [4.78, 5) is 69.1. The number of carbonyl (C=O) groups excluding carboxylic acids is 4. The van der Waals surface area contributed by atoms with Gasteiger partial charge in [-0.1, -0.05) is 37.3 Å². The highest BCUT2D eigenvalue weighted by Crippen LogP contribution is 2.36. The number of pyridine rings is 1. The van der Waals surface area contributed by atoms with Gasteiger partial charge in [-0.15, -0.1) is 0 Å². The molecule has 62 heavy (non-hydrogen) atoms. The third-order valence-electron chi connectivity index (χ3n) is 13.1. The van der Waals surface area contributed by atoms with E-state index in [-0.39, 0.29) is 41.2 Å². The highest BCUT2D eigenvalue weighted by molar-refractivity contribution is 6.03. The van der Waals surface area contributed by atoms with Gasteiger partial charge in [-0.25, -0.2) is 9.78 Å². The lowest BCUT2D eigenvalue weighted by molar-refractivity contribution is -0.135. The molecule has 3 amide bonds. The average Bonchev–Trinajstić information content (AvgIpc) is 3.76. The van der Waals surface area contributed by atoms with Crippen LogP contribution >= 0.6 is 0 Å². The number of benzene rings is 2. The predicted octanol–water partition coefficient (Wildman–Crippen LogP) is 5.49. The zero-order valence-corrected chi connectivity index (χ0v) is 36.5. The van der Waals surface area contributed by atoms with Crippen molar-refractivity contribution in [2.45, 2.75) is 90.0 Å². The summed E-state index contributed by atoms with van der Waals surface area (Å²) in [6, 6.07) is 8.57. The molecule has 0 spiro atoms. The molecule has 330 valence electrons. The molecule has 4 aromatic rings. The number of rotatable bonds is 17. The highest BCUT2D eigenvalue weighted by Gasteiger charge is 2.33. The number of hydrogen-bond donors (Lipinski definition) is 2. The van der Waals surface area contributed by atoms with Gasteiger partial charge in [0.25, 0.3) is 5.91 Å². The lowest BCUT2D eigenvalue weighted by Crippen LogP contribution is -2.44. The maximum atomic E-state index is 13.2. The minimum absolute atomic E-state index is 0.146. The van der Waals surface area contributed by atoms with Crippen LogP contribution in [0.2, 0.25) is 0 Å². The Bertz CT molecular complexity index is 2440. The van der Waals surface area contributed by atoms with Crippen molar-refractivity contribution in [2.75, 3.05) is 47.1 Å². The molecule has 1 saturated heterocycles. The van der Waals surface area contributed by atoms with Crippen molar-refractivity contribution in [2.24, 2.45) is 36.5 Å². The number of primary amides is 1. The first-order chi connectivity index (χ1) is 29.9. The van der Waals surface area contributed by atoms with E-state index >= 15 is 0 Å². The summed E-state index contributed by atoms with van der Waals surface area (Å²) in [6.45, 7) is 5.76. The topological polar surface area (TPSA) is 177 Å². The van der Waals surface area contributed by atoms with Crippen LogP contribution in [0.4, 0.5) is 0 Å². The third-order valence-corrected chi connectivity index (χ3v) is 13.1. The minimum Gasteiger partial charge on any atom is -0.496 e. The van der Waals surface area contributed by atoms with Crippen LogP contribution in [-0.2, 0) is 32.6 Å². The summed E-state index contributed by atoms with van der Waals surface area (Å²) in [5, 5.41) is 3.79. The number of Topliss-reactive ketones (excluding diaryl/α,β-unsaturated/α-hetero) is 1. The number of carbonyl (C=O) groups is 4. The standard InChI is InChI=1S/C48H60N6O8/c1-5-32-23-36(55)24-35(32)29-62-47-38-26-42(60-4)39(45(49)57)25-37(38)34(27-50-47)17-16-30-12-14-31(15-13-30)28-52(2)20-8-22-61-21-7-10-33-9-6-11-40-44(33)53(3)48(59)54(40)41-18-19-43(56)51-46(41)58/h6,9,11,25-27,30-32,35,41H,5,7-8,10,12-15,18-24,28-29H2,1-4H3,(H2,49,57)(H,51,56,58)/t30?,31?,32-,35-,41?/m1/s1.